The molecule has 0 radical (unpaired) electrons. The Balaban J connectivity index is 1.78. The number of aliphatic hydroxyl groups is 1. The van der Waals surface area contributed by atoms with Crippen LogP contribution in [-0.4, -0.2) is 17.8 Å². The lowest BCUT2D eigenvalue weighted by Gasteiger charge is -2.12. The minimum Gasteiger partial charge on any atom is -0.393 e. The lowest BCUT2D eigenvalue weighted by atomic mass is 10.1. The molecule has 1 aromatic rings. The van der Waals surface area contributed by atoms with E-state index in [0.29, 0.717) is 5.92 Å². The summed E-state index contributed by atoms with van der Waals surface area (Å²) >= 11 is 3.59. The molecule has 94 valence electrons. The molecule has 2 nitrogen and oxygen atoms in total. The van der Waals surface area contributed by atoms with Gasteiger partial charge in [0, 0.05) is 11.0 Å². The van der Waals surface area contributed by atoms with Crippen LogP contribution in [0.5, 0.6) is 0 Å². The van der Waals surface area contributed by atoms with Crippen molar-refractivity contribution in [2.75, 3.05) is 6.54 Å². The third-order valence-corrected chi connectivity index (χ3v) is 4.21. The molecule has 1 aliphatic carbocycles. The Kier molecular flexibility index (Phi) is 4.60. The van der Waals surface area contributed by atoms with Gasteiger partial charge in [-0.25, -0.2) is 0 Å². The molecule has 0 saturated heterocycles. The van der Waals surface area contributed by atoms with E-state index in [-0.39, 0.29) is 6.10 Å². The molecule has 0 aromatic heterocycles. The maximum absolute atomic E-state index is 9.46. The van der Waals surface area contributed by atoms with Crippen LogP contribution in [0.25, 0.3) is 0 Å². The predicted molar refractivity (Wildman–Crippen MR) is 73.9 cm³/mol. The van der Waals surface area contributed by atoms with Crippen LogP contribution in [0.2, 0.25) is 0 Å². The van der Waals surface area contributed by atoms with Gasteiger partial charge in [-0.2, -0.15) is 0 Å². The number of hydrogen-bond donors (Lipinski definition) is 2. The molecule has 0 spiro atoms. The first-order valence-corrected chi connectivity index (χ1v) is 7.08. The van der Waals surface area contributed by atoms with Gasteiger partial charge in [-0.3, -0.25) is 0 Å². The van der Waals surface area contributed by atoms with Gasteiger partial charge in [0.15, 0.2) is 0 Å². The molecule has 2 atom stereocenters. The van der Waals surface area contributed by atoms with Crippen molar-refractivity contribution in [2.24, 2.45) is 5.92 Å². The second kappa shape index (κ2) is 5.98. The van der Waals surface area contributed by atoms with Crippen molar-refractivity contribution in [3.8, 4) is 0 Å². The molecule has 0 bridgehead atoms. The lowest BCUT2D eigenvalue weighted by molar-refractivity contribution is 0.177. The highest BCUT2D eigenvalue weighted by Gasteiger charge is 2.21. The summed E-state index contributed by atoms with van der Waals surface area (Å²) in [7, 11) is 0. The van der Waals surface area contributed by atoms with Crippen molar-refractivity contribution < 1.29 is 5.11 Å². The number of benzene rings is 1. The van der Waals surface area contributed by atoms with Gasteiger partial charge >= 0.3 is 0 Å². The molecule has 3 heteroatoms. The van der Waals surface area contributed by atoms with E-state index in [1.54, 1.807) is 0 Å². The van der Waals surface area contributed by atoms with Gasteiger partial charge < -0.3 is 10.4 Å². The average Bonchev–Trinajstić information content (AvgIpc) is 2.68. The van der Waals surface area contributed by atoms with Crippen molar-refractivity contribution in [1.82, 2.24) is 5.32 Å². The molecule has 0 heterocycles. The zero-order chi connectivity index (χ0) is 12.3. The molecule has 1 saturated carbocycles. The third-order valence-electron chi connectivity index (χ3n) is 3.47. The quantitative estimate of drug-likeness (QED) is 0.895. The number of aryl methyl sites for hydroxylation is 1. The van der Waals surface area contributed by atoms with Crippen LogP contribution in [0.1, 0.15) is 30.4 Å². The van der Waals surface area contributed by atoms with E-state index >= 15 is 0 Å². The number of hydrogen-bond acceptors (Lipinski definition) is 2. The topological polar surface area (TPSA) is 32.3 Å². The first-order chi connectivity index (χ1) is 8.15. The monoisotopic (exact) mass is 297 g/mol. The second-order valence-electron chi connectivity index (χ2n) is 5.06. The first-order valence-electron chi connectivity index (χ1n) is 6.29. The summed E-state index contributed by atoms with van der Waals surface area (Å²) in [6.45, 7) is 4.01. The summed E-state index contributed by atoms with van der Waals surface area (Å²) in [5.74, 6) is 0.647. The van der Waals surface area contributed by atoms with E-state index in [2.05, 4.69) is 46.4 Å². The number of rotatable bonds is 4. The molecule has 0 aliphatic heterocycles. The summed E-state index contributed by atoms with van der Waals surface area (Å²) < 4.78 is 1.18. The summed E-state index contributed by atoms with van der Waals surface area (Å²) in [6.07, 6.45) is 3.03. The van der Waals surface area contributed by atoms with Crippen LogP contribution in [0.3, 0.4) is 0 Å². The SMILES string of the molecule is Cc1ccc(CNCC2CCC(O)C2)c(Br)c1. The highest BCUT2D eigenvalue weighted by Crippen LogP contribution is 2.25. The molecular formula is C14H20BrNO. The van der Waals surface area contributed by atoms with Crippen molar-refractivity contribution in [2.45, 2.75) is 38.8 Å². The zero-order valence-electron chi connectivity index (χ0n) is 10.2. The van der Waals surface area contributed by atoms with Gasteiger partial charge in [0.05, 0.1) is 6.10 Å². The summed E-state index contributed by atoms with van der Waals surface area (Å²) in [5, 5.41) is 12.9. The fourth-order valence-electron chi connectivity index (χ4n) is 2.44. The zero-order valence-corrected chi connectivity index (χ0v) is 11.8. The average molecular weight is 298 g/mol. The van der Waals surface area contributed by atoms with E-state index in [1.807, 2.05) is 0 Å². The fraction of sp³-hybridized carbons (Fsp3) is 0.571. The molecule has 0 amide bonds. The standard InChI is InChI=1S/C14H20BrNO/c1-10-2-4-12(14(15)6-10)9-16-8-11-3-5-13(17)7-11/h2,4,6,11,13,16-17H,3,5,7-9H2,1H3. The lowest BCUT2D eigenvalue weighted by Crippen LogP contribution is -2.21. The van der Waals surface area contributed by atoms with Crippen LogP contribution in [0.4, 0.5) is 0 Å². The third kappa shape index (κ3) is 3.80. The fourth-order valence-corrected chi connectivity index (χ4v) is 3.07. The van der Waals surface area contributed by atoms with E-state index in [0.717, 1.165) is 32.4 Å². The van der Waals surface area contributed by atoms with Crippen LogP contribution in [-0.2, 0) is 6.54 Å². The number of halogens is 1. The number of aliphatic hydroxyl groups excluding tert-OH is 1. The van der Waals surface area contributed by atoms with E-state index in [9.17, 15) is 5.11 Å². The molecule has 2 unspecified atom stereocenters. The summed E-state index contributed by atoms with van der Waals surface area (Å²) in [6, 6.07) is 6.45. The summed E-state index contributed by atoms with van der Waals surface area (Å²) in [4.78, 5) is 0. The Morgan fingerprint density at radius 1 is 1.41 bits per heavy atom. The maximum atomic E-state index is 9.46. The summed E-state index contributed by atoms with van der Waals surface area (Å²) in [5.41, 5.74) is 2.58. The Morgan fingerprint density at radius 3 is 2.88 bits per heavy atom. The van der Waals surface area contributed by atoms with Gasteiger partial charge in [0.2, 0.25) is 0 Å². The molecule has 2 rings (SSSR count). The first kappa shape index (κ1) is 13.1. The Morgan fingerprint density at radius 2 is 2.24 bits per heavy atom. The second-order valence-corrected chi connectivity index (χ2v) is 5.91. The maximum Gasteiger partial charge on any atom is 0.0543 e. The largest absolute Gasteiger partial charge is 0.393 e. The van der Waals surface area contributed by atoms with Crippen molar-refractivity contribution in [1.29, 1.82) is 0 Å². The van der Waals surface area contributed by atoms with Gasteiger partial charge in [-0.15, -0.1) is 0 Å². The molecule has 2 N–H and O–H groups in total. The molecule has 17 heavy (non-hydrogen) atoms. The van der Waals surface area contributed by atoms with E-state index in [4.69, 9.17) is 0 Å². The minimum atomic E-state index is -0.0621. The van der Waals surface area contributed by atoms with Crippen LogP contribution in [0.15, 0.2) is 22.7 Å². The Hall–Kier alpha value is -0.380. The van der Waals surface area contributed by atoms with Gasteiger partial charge in [-0.1, -0.05) is 28.1 Å². The smallest absolute Gasteiger partial charge is 0.0543 e. The normalized spacial score (nSPS) is 24.2. The van der Waals surface area contributed by atoms with Crippen molar-refractivity contribution in [3.63, 3.8) is 0 Å². The molecule has 1 aliphatic rings. The van der Waals surface area contributed by atoms with Crippen LogP contribution in [0, 0.1) is 12.8 Å². The molecule has 1 aromatic carbocycles. The highest BCUT2D eigenvalue weighted by atomic mass is 79.9. The highest BCUT2D eigenvalue weighted by molar-refractivity contribution is 9.10. The van der Waals surface area contributed by atoms with Gasteiger partial charge in [0.25, 0.3) is 0 Å². The minimum absolute atomic E-state index is 0.0621. The van der Waals surface area contributed by atoms with Crippen LogP contribution >= 0.6 is 15.9 Å². The van der Waals surface area contributed by atoms with E-state index in [1.165, 1.54) is 15.6 Å². The van der Waals surface area contributed by atoms with Crippen molar-refractivity contribution in [3.05, 3.63) is 33.8 Å². The Labute approximate surface area is 112 Å². The van der Waals surface area contributed by atoms with Gasteiger partial charge in [-0.05, 0) is 55.8 Å². The number of nitrogens with one attached hydrogen (secondary N) is 1. The molecular weight excluding hydrogens is 278 g/mol. The van der Waals surface area contributed by atoms with Gasteiger partial charge in [0.1, 0.15) is 0 Å². The van der Waals surface area contributed by atoms with Crippen molar-refractivity contribution >= 4 is 15.9 Å². The van der Waals surface area contributed by atoms with Crippen LogP contribution < -0.4 is 5.32 Å². The van der Waals surface area contributed by atoms with E-state index < -0.39 is 0 Å². The predicted octanol–water partition coefficient (Wildman–Crippen LogP) is 3.01. The Bertz CT molecular complexity index is 380. The molecule has 1 fully saturated rings.